The number of thiophene rings is 1. The molecular formula is C21H15NO2S. The average Bonchev–Trinajstić information content (AvgIpc) is 3.21. The first-order valence-corrected chi connectivity index (χ1v) is 8.84. The molecule has 0 amide bonds. The smallest absolute Gasteiger partial charge is 0.349 e. The fraction of sp³-hybridized carbons (Fsp3) is 0.0476. The fourth-order valence-corrected chi connectivity index (χ4v) is 3.43. The topological polar surface area (TPSA) is 39.2 Å². The highest BCUT2D eigenvalue weighted by Crippen LogP contribution is 2.31. The average molecular weight is 345 g/mol. The highest BCUT2D eigenvalue weighted by atomic mass is 32.1. The molecule has 0 aliphatic carbocycles. The lowest BCUT2D eigenvalue weighted by Crippen LogP contribution is -2.13. The van der Waals surface area contributed by atoms with Crippen molar-refractivity contribution in [2.45, 2.75) is 6.10 Å². The molecule has 4 heteroatoms. The van der Waals surface area contributed by atoms with E-state index >= 15 is 0 Å². The van der Waals surface area contributed by atoms with Gasteiger partial charge in [-0.25, -0.2) is 4.79 Å². The third kappa shape index (κ3) is 3.16. The molecule has 3 nitrogen and oxygen atoms in total. The van der Waals surface area contributed by atoms with Crippen molar-refractivity contribution in [3.63, 3.8) is 0 Å². The molecule has 2 aromatic heterocycles. The number of nitrogens with zero attached hydrogens (tertiary/aromatic N) is 1. The summed E-state index contributed by atoms with van der Waals surface area (Å²) in [6.45, 7) is 0. The number of fused-ring (bicyclic) bond motifs is 1. The van der Waals surface area contributed by atoms with E-state index in [9.17, 15) is 4.79 Å². The maximum absolute atomic E-state index is 12.6. The zero-order valence-electron chi connectivity index (χ0n) is 13.3. The SMILES string of the molecule is O=C(O[C@H](c1ccccc1)c1nccc2ccccc12)c1cccs1. The van der Waals surface area contributed by atoms with Gasteiger partial charge >= 0.3 is 5.97 Å². The van der Waals surface area contributed by atoms with Crippen LogP contribution in [0, 0.1) is 0 Å². The number of hydrogen-bond acceptors (Lipinski definition) is 4. The number of pyridine rings is 1. The quantitative estimate of drug-likeness (QED) is 0.475. The molecule has 0 N–H and O–H groups in total. The molecule has 2 aromatic carbocycles. The number of esters is 1. The molecule has 0 aliphatic rings. The summed E-state index contributed by atoms with van der Waals surface area (Å²) in [7, 11) is 0. The number of benzene rings is 2. The van der Waals surface area contributed by atoms with Gasteiger partial charge in [0.15, 0.2) is 6.10 Å². The van der Waals surface area contributed by atoms with Gasteiger partial charge in [-0.2, -0.15) is 0 Å². The van der Waals surface area contributed by atoms with Crippen molar-refractivity contribution in [3.8, 4) is 0 Å². The summed E-state index contributed by atoms with van der Waals surface area (Å²) in [6.07, 6.45) is 1.20. The number of carbonyl (C=O) groups excluding carboxylic acids is 1. The Morgan fingerprint density at radius 3 is 2.52 bits per heavy atom. The van der Waals surface area contributed by atoms with Gasteiger partial charge in [0.25, 0.3) is 0 Å². The van der Waals surface area contributed by atoms with Crippen molar-refractivity contribution in [2.75, 3.05) is 0 Å². The molecule has 122 valence electrons. The Morgan fingerprint density at radius 1 is 0.920 bits per heavy atom. The highest BCUT2D eigenvalue weighted by Gasteiger charge is 2.23. The summed E-state index contributed by atoms with van der Waals surface area (Å²) >= 11 is 1.37. The van der Waals surface area contributed by atoms with E-state index < -0.39 is 6.10 Å². The third-order valence-corrected chi connectivity index (χ3v) is 4.85. The molecule has 0 fully saturated rings. The van der Waals surface area contributed by atoms with Crippen LogP contribution >= 0.6 is 11.3 Å². The Morgan fingerprint density at radius 2 is 1.72 bits per heavy atom. The van der Waals surface area contributed by atoms with Crippen molar-refractivity contribution < 1.29 is 9.53 Å². The molecule has 0 saturated heterocycles. The summed E-state index contributed by atoms with van der Waals surface area (Å²) in [5.41, 5.74) is 1.64. The monoisotopic (exact) mass is 345 g/mol. The van der Waals surface area contributed by atoms with E-state index in [4.69, 9.17) is 4.74 Å². The van der Waals surface area contributed by atoms with Gasteiger partial charge in [0.2, 0.25) is 0 Å². The number of carbonyl (C=O) groups is 1. The standard InChI is InChI=1S/C21H15NO2S/c23-21(18-11-6-14-25-18)24-20(16-8-2-1-3-9-16)19-17-10-5-4-7-15(17)12-13-22-19/h1-14,20H/t20-/m1/s1. The van der Waals surface area contributed by atoms with Gasteiger partial charge in [0, 0.05) is 11.6 Å². The van der Waals surface area contributed by atoms with Crippen molar-refractivity contribution in [1.82, 2.24) is 4.98 Å². The molecule has 4 aromatic rings. The van der Waals surface area contributed by atoms with E-state index in [2.05, 4.69) is 4.98 Å². The summed E-state index contributed by atoms with van der Waals surface area (Å²) in [5.74, 6) is -0.335. The van der Waals surface area contributed by atoms with E-state index in [1.54, 1.807) is 12.3 Å². The van der Waals surface area contributed by atoms with Crippen LogP contribution in [0.2, 0.25) is 0 Å². The summed E-state index contributed by atoms with van der Waals surface area (Å²) in [6, 6.07) is 23.3. The van der Waals surface area contributed by atoms with Crippen LogP contribution in [0.3, 0.4) is 0 Å². The maximum atomic E-state index is 12.6. The van der Waals surface area contributed by atoms with Gasteiger partial charge in [-0.05, 0) is 28.5 Å². The molecule has 0 aliphatic heterocycles. The molecule has 1 atom stereocenters. The molecule has 0 saturated carbocycles. The van der Waals surface area contributed by atoms with Crippen molar-refractivity contribution in [3.05, 3.63) is 101 Å². The molecular weight excluding hydrogens is 330 g/mol. The van der Waals surface area contributed by atoms with Crippen LogP contribution in [-0.4, -0.2) is 11.0 Å². The van der Waals surface area contributed by atoms with E-state index in [-0.39, 0.29) is 5.97 Å². The third-order valence-electron chi connectivity index (χ3n) is 4.00. The molecule has 2 heterocycles. The van der Waals surface area contributed by atoms with E-state index in [0.29, 0.717) is 4.88 Å². The van der Waals surface area contributed by atoms with Gasteiger partial charge in [-0.1, -0.05) is 60.7 Å². The van der Waals surface area contributed by atoms with Gasteiger partial charge in [0.1, 0.15) is 4.88 Å². The summed E-state index contributed by atoms with van der Waals surface area (Å²) in [4.78, 5) is 17.7. The van der Waals surface area contributed by atoms with Crippen LogP contribution in [-0.2, 0) is 4.74 Å². The van der Waals surface area contributed by atoms with E-state index in [1.165, 1.54) is 11.3 Å². The van der Waals surface area contributed by atoms with Gasteiger partial charge in [-0.3, -0.25) is 4.98 Å². The second-order valence-corrected chi connectivity index (χ2v) is 6.54. The number of hydrogen-bond donors (Lipinski definition) is 0. The zero-order chi connectivity index (χ0) is 17.1. The van der Waals surface area contributed by atoms with Crippen molar-refractivity contribution in [1.29, 1.82) is 0 Å². The fourth-order valence-electron chi connectivity index (χ4n) is 2.82. The van der Waals surface area contributed by atoms with Crippen LogP contribution < -0.4 is 0 Å². The number of rotatable bonds is 4. The Labute approximate surface area is 149 Å². The summed E-state index contributed by atoms with van der Waals surface area (Å²) in [5, 5.41) is 3.92. The molecule has 4 rings (SSSR count). The van der Waals surface area contributed by atoms with Gasteiger partial charge in [-0.15, -0.1) is 11.3 Å². The van der Waals surface area contributed by atoms with Crippen LogP contribution in [0.1, 0.15) is 27.0 Å². The lowest BCUT2D eigenvalue weighted by atomic mass is 10.0. The first-order valence-electron chi connectivity index (χ1n) is 7.96. The lowest BCUT2D eigenvalue weighted by Gasteiger charge is -2.19. The normalized spacial score (nSPS) is 12.0. The number of ether oxygens (including phenoxy) is 1. The minimum absolute atomic E-state index is 0.335. The van der Waals surface area contributed by atoms with Crippen molar-refractivity contribution in [2.24, 2.45) is 0 Å². The molecule has 0 bridgehead atoms. The van der Waals surface area contributed by atoms with Crippen molar-refractivity contribution >= 4 is 28.1 Å². The predicted octanol–water partition coefficient (Wildman–Crippen LogP) is 5.24. The Kier molecular flexibility index (Phi) is 4.27. The van der Waals surface area contributed by atoms with Crippen LogP contribution in [0.5, 0.6) is 0 Å². The highest BCUT2D eigenvalue weighted by molar-refractivity contribution is 7.11. The van der Waals surface area contributed by atoms with Gasteiger partial charge < -0.3 is 4.74 Å². The molecule has 0 unspecified atom stereocenters. The Hall–Kier alpha value is -2.98. The van der Waals surface area contributed by atoms with E-state index in [0.717, 1.165) is 22.0 Å². The Balaban J connectivity index is 1.81. The van der Waals surface area contributed by atoms with Crippen LogP contribution in [0.25, 0.3) is 10.8 Å². The van der Waals surface area contributed by atoms with Gasteiger partial charge in [0.05, 0.1) is 5.69 Å². The van der Waals surface area contributed by atoms with E-state index in [1.807, 2.05) is 72.1 Å². The maximum Gasteiger partial charge on any atom is 0.349 e. The molecule has 25 heavy (non-hydrogen) atoms. The summed E-state index contributed by atoms with van der Waals surface area (Å²) < 4.78 is 5.88. The number of aromatic nitrogens is 1. The largest absolute Gasteiger partial charge is 0.447 e. The first kappa shape index (κ1) is 15.5. The molecule has 0 radical (unpaired) electrons. The Bertz CT molecular complexity index is 992. The lowest BCUT2D eigenvalue weighted by molar-refractivity contribution is 0.0379. The minimum atomic E-state index is -0.554. The predicted molar refractivity (Wildman–Crippen MR) is 99.8 cm³/mol. The van der Waals surface area contributed by atoms with Crippen LogP contribution in [0.15, 0.2) is 84.4 Å². The first-order chi connectivity index (χ1) is 12.3. The second-order valence-electron chi connectivity index (χ2n) is 5.59. The minimum Gasteiger partial charge on any atom is -0.447 e. The zero-order valence-corrected chi connectivity index (χ0v) is 14.1. The second kappa shape index (κ2) is 6.87. The molecule has 0 spiro atoms. The van der Waals surface area contributed by atoms with Crippen LogP contribution in [0.4, 0.5) is 0 Å².